The number of nitriles is 1. The van der Waals surface area contributed by atoms with E-state index in [0.717, 1.165) is 25.7 Å². The van der Waals surface area contributed by atoms with Gasteiger partial charge in [-0.25, -0.2) is 9.78 Å². The Morgan fingerprint density at radius 2 is 2.08 bits per heavy atom. The molecule has 1 aromatic rings. The number of nitrogens with zero attached hydrogens (tertiary/aromatic N) is 3. The number of rotatable bonds is 3. The van der Waals surface area contributed by atoms with E-state index in [1.165, 1.54) is 0 Å². The fourth-order valence-electron chi connectivity index (χ4n) is 3.08. The Morgan fingerprint density at radius 3 is 2.68 bits per heavy atom. The fourth-order valence-corrected chi connectivity index (χ4v) is 3.27. The van der Waals surface area contributed by atoms with Crippen LogP contribution in [0.15, 0.2) is 12.1 Å². The van der Waals surface area contributed by atoms with Gasteiger partial charge in [0, 0.05) is 7.05 Å². The Balaban J connectivity index is 2.12. The highest BCUT2D eigenvalue weighted by molar-refractivity contribution is 6.30. The van der Waals surface area contributed by atoms with Crippen molar-refractivity contribution in [1.29, 1.82) is 5.26 Å². The molecule has 1 N–H and O–H groups in total. The zero-order chi connectivity index (χ0) is 18.6. The van der Waals surface area contributed by atoms with Gasteiger partial charge in [0.25, 0.3) is 0 Å². The van der Waals surface area contributed by atoms with Gasteiger partial charge in [-0.3, -0.25) is 0 Å². The van der Waals surface area contributed by atoms with Crippen LogP contribution in [0, 0.1) is 11.3 Å². The maximum absolute atomic E-state index is 12.1. The van der Waals surface area contributed by atoms with Gasteiger partial charge < -0.3 is 15.0 Å². The van der Waals surface area contributed by atoms with Gasteiger partial charge >= 0.3 is 6.09 Å². The van der Waals surface area contributed by atoms with Crippen molar-refractivity contribution >= 4 is 23.5 Å². The van der Waals surface area contributed by atoms with Gasteiger partial charge in [-0.15, -0.1) is 0 Å². The van der Waals surface area contributed by atoms with Crippen LogP contribution in [0.4, 0.5) is 10.6 Å². The summed E-state index contributed by atoms with van der Waals surface area (Å²) in [4.78, 5) is 18.5. The summed E-state index contributed by atoms with van der Waals surface area (Å²) in [6.45, 7) is 5.54. The first-order valence-electron chi connectivity index (χ1n) is 8.50. The molecule has 0 aromatic carbocycles. The summed E-state index contributed by atoms with van der Waals surface area (Å²) in [5.74, 6) is 0.687. The first kappa shape index (κ1) is 19.3. The Kier molecular flexibility index (Phi) is 6.12. The molecule has 0 saturated heterocycles. The minimum atomic E-state index is -0.525. The van der Waals surface area contributed by atoms with Crippen LogP contribution in [0.5, 0.6) is 0 Å². The average Bonchev–Trinajstić information content (AvgIpc) is 2.52. The molecule has 1 fully saturated rings. The van der Waals surface area contributed by atoms with Crippen LogP contribution in [0.3, 0.4) is 0 Å². The molecule has 136 valence electrons. The van der Waals surface area contributed by atoms with Crippen LogP contribution in [-0.4, -0.2) is 35.8 Å². The second-order valence-electron chi connectivity index (χ2n) is 7.34. The molecule has 7 heteroatoms. The Labute approximate surface area is 154 Å². The number of aromatic nitrogens is 1. The molecule has 25 heavy (non-hydrogen) atoms. The Bertz CT molecular complexity index is 666. The normalized spacial score (nSPS) is 20.5. The lowest BCUT2D eigenvalue weighted by Gasteiger charge is -2.39. The SMILES string of the molecule is CN(c1ccc(C#N)c(Cl)n1)[C@@H]1CCCC[C@@H]1NC(=O)OC(C)(C)C. The molecule has 0 bridgehead atoms. The van der Waals surface area contributed by atoms with Crippen molar-refractivity contribution < 1.29 is 9.53 Å². The Morgan fingerprint density at radius 1 is 1.40 bits per heavy atom. The third kappa shape index (κ3) is 5.23. The second-order valence-corrected chi connectivity index (χ2v) is 7.69. The predicted molar refractivity (Wildman–Crippen MR) is 97.8 cm³/mol. The van der Waals surface area contributed by atoms with Crippen LogP contribution in [0.1, 0.15) is 52.0 Å². The standard InChI is InChI=1S/C18H25ClN4O2/c1-18(2,3)25-17(24)21-13-7-5-6-8-14(13)23(4)15-10-9-12(11-20)16(19)22-15/h9-10,13-14H,5-8H2,1-4H3,(H,21,24)/t13-,14+/m0/s1. The number of likely N-dealkylation sites (N-methyl/N-ethyl adjacent to an activating group) is 1. The number of hydrogen-bond acceptors (Lipinski definition) is 5. The van der Waals surface area contributed by atoms with E-state index in [1.807, 2.05) is 38.8 Å². The van der Waals surface area contributed by atoms with E-state index in [0.29, 0.717) is 11.4 Å². The van der Waals surface area contributed by atoms with Gasteiger partial charge in [0.05, 0.1) is 17.6 Å². The number of hydrogen-bond donors (Lipinski definition) is 1. The monoisotopic (exact) mass is 364 g/mol. The van der Waals surface area contributed by atoms with E-state index >= 15 is 0 Å². The number of carbonyl (C=O) groups is 1. The van der Waals surface area contributed by atoms with Crippen molar-refractivity contribution in [3.63, 3.8) is 0 Å². The van der Waals surface area contributed by atoms with Crippen molar-refractivity contribution in [3.8, 4) is 6.07 Å². The number of carbonyl (C=O) groups excluding carboxylic acids is 1. The molecular weight excluding hydrogens is 340 g/mol. The van der Waals surface area contributed by atoms with Crippen LogP contribution in [-0.2, 0) is 4.74 Å². The summed E-state index contributed by atoms with van der Waals surface area (Å²) in [5, 5.41) is 12.2. The van der Waals surface area contributed by atoms with E-state index in [1.54, 1.807) is 12.1 Å². The van der Waals surface area contributed by atoms with E-state index in [-0.39, 0.29) is 17.2 Å². The van der Waals surface area contributed by atoms with E-state index < -0.39 is 11.7 Å². The smallest absolute Gasteiger partial charge is 0.407 e. The second kappa shape index (κ2) is 7.92. The highest BCUT2D eigenvalue weighted by Crippen LogP contribution is 2.27. The molecule has 0 unspecified atom stereocenters. The van der Waals surface area contributed by atoms with Crippen LogP contribution < -0.4 is 10.2 Å². The lowest BCUT2D eigenvalue weighted by Crippen LogP contribution is -2.53. The highest BCUT2D eigenvalue weighted by Gasteiger charge is 2.31. The molecule has 1 aromatic heterocycles. The molecule has 1 aliphatic rings. The lowest BCUT2D eigenvalue weighted by molar-refractivity contribution is 0.0485. The molecule has 0 spiro atoms. The largest absolute Gasteiger partial charge is 0.444 e. The minimum Gasteiger partial charge on any atom is -0.444 e. The zero-order valence-electron chi connectivity index (χ0n) is 15.2. The van der Waals surface area contributed by atoms with Crippen molar-refractivity contribution in [1.82, 2.24) is 10.3 Å². The summed E-state index contributed by atoms with van der Waals surface area (Å²) in [6, 6.07) is 5.53. The maximum atomic E-state index is 12.1. The van der Waals surface area contributed by atoms with Gasteiger partial charge in [-0.1, -0.05) is 24.4 Å². The molecule has 0 aliphatic heterocycles. The number of pyridine rings is 1. The van der Waals surface area contributed by atoms with Crippen molar-refractivity contribution in [2.24, 2.45) is 0 Å². The van der Waals surface area contributed by atoms with Crippen molar-refractivity contribution in [2.45, 2.75) is 64.1 Å². The van der Waals surface area contributed by atoms with Gasteiger partial charge in [0.15, 0.2) is 0 Å². The molecular formula is C18H25ClN4O2. The number of amides is 1. The quantitative estimate of drug-likeness (QED) is 0.823. The lowest BCUT2D eigenvalue weighted by atomic mass is 9.89. The predicted octanol–water partition coefficient (Wildman–Crippen LogP) is 3.88. The molecule has 1 saturated carbocycles. The number of anilines is 1. The molecule has 0 radical (unpaired) electrons. The van der Waals surface area contributed by atoms with E-state index in [2.05, 4.69) is 10.3 Å². The number of alkyl carbamates (subject to hydrolysis) is 1. The van der Waals surface area contributed by atoms with Gasteiger partial charge in [-0.2, -0.15) is 5.26 Å². The topological polar surface area (TPSA) is 78.3 Å². The molecule has 6 nitrogen and oxygen atoms in total. The number of nitrogens with one attached hydrogen (secondary N) is 1. The number of ether oxygens (including phenoxy) is 1. The molecule has 1 heterocycles. The van der Waals surface area contributed by atoms with Crippen LogP contribution >= 0.6 is 11.6 Å². The summed E-state index contributed by atoms with van der Waals surface area (Å²) >= 11 is 6.06. The first-order chi connectivity index (χ1) is 11.7. The van der Waals surface area contributed by atoms with Gasteiger partial charge in [0.1, 0.15) is 22.6 Å². The fraction of sp³-hybridized carbons (Fsp3) is 0.611. The molecule has 2 atom stereocenters. The summed E-state index contributed by atoms with van der Waals surface area (Å²) in [5.41, 5.74) is -0.173. The summed E-state index contributed by atoms with van der Waals surface area (Å²) < 4.78 is 5.38. The highest BCUT2D eigenvalue weighted by atomic mass is 35.5. The summed E-state index contributed by atoms with van der Waals surface area (Å²) in [7, 11) is 1.93. The maximum Gasteiger partial charge on any atom is 0.407 e. The third-order valence-electron chi connectivity index (χ3n) is 4.24. The number of halogens is 1. The van der Waals surface area contributed by atoms with Gasteiger partial charge in [0.2, 0.25) is 0 Å². The zero-order valence-corrected chi connectivity index (χ0v) is 15.9. The third-order valence-corrected chi connectivity index (χ3v) is 4.53. The minimum absolute atomic E-state index is 0.0233. The van der Waals surface area contributed by atoms with E-state index in [4.69, 9.17) is 21.6 Å². The molecule has 1 amide bonds. The summed E-state index contributed by atoms with van der Waals surface area (Å²) in [6.07, 6.45) is 3.58. The van der Waals surface area contributed by atoms with Crippen molar-refractivity contribution in [3.05, 3.63) is 22.8 Å². The van der Waals surface area contributed by atoms with Crippen molar-refractivity contribution in [2.75, 3.05) is 11.9 Å². The average molecular weight is 365 g/mol. The Hall–Kier alpha value is -2.00. The molecule has 1 aliphatic carbocycles. The van der Waals surface area contributed by atoms with Crippen LogP contribution in [0.25, 0.3) is 0 Å². The molecule has 2 rings (SSSR count). The van der Waals surface area contributed by atoms with Crippen LogP contribution in [0.2, 0.25) is 5.15 Å². The first-order valence-corrected chi connectivity index (χ1v) is 8.88. The van der Waals surface area contributed by atoms with E-state index in [9.17, 15) is 4.79 Å². The van der Waals surface area contributed by atoms with Gasteiger partial charge in [-0.05, 0) is 45.7 Å².